The van der Waals surface area contributed by atoms with Crippen LogP contribution >= 0.6 is 11.3 Å². The average molecular weight is 299 g/mol. The Morgan fingerprint density at radius 2 is 2.00 bits per heavy atom. The first kappa shape index (κ1) is 16.6. The summed E-state index contributed by atoms with van der Waals surface area (Å²) in [7, 11) is 0. The second-order valence-electron chi connectivity index (χ2n) is 6.09. The summed E-state index contributed by atoms with van der Waals surface area (Å²) in [5.41, 5.74) is -0.596. The van der Waals surface area contributed by atoms with Crippen molar-refractivity contribution >= 4 is 23.3 Å². The number of nitrogens with zero attached hydrogens (tertiary/aromatic N) is 1. The number of ether oxygens (including phenoxy) is 1. The minimum Gasteiger partial charge on any atom is -0.476 e. The number of thiazole rings is 1. The van der Waals surface area contributed by atoms with Gasteiger partial charge in [-0.1, -0.05) is 13.8 Å². The van der Waals surface area contributed by atoms with E-state index in [9.17, 15) is 9.59 Å². The summed E-state index contributed by atoms with van der Waals surface area (Å²) in [4.78, 5) is 27.2. The molecule has 6 heteroatoms. The van der Waals surface area contributed by atoms with Crippen LogP contribution in [-0.4, -0.2) is 27.6 Å². The first-order chi connectivity index (χ1) is 9.10. The third-order valence-corrected chi connectivity index (χ3v) is 3.40. The molecule has 0 saturated carbocycles. The van der Waals surface area contributed by atoms with Gasteiger partial charge in [0.25, 0.3) is 0 Å². The van der Waals surface area contributed by atoms with Crippen molar-refractivity contribution in [3.63, 3.8) is 0 Å². The smallest absolute Gasteiger partial charge is 0.355 e. The molecule has 1 heterocycles. The van der Waals surface area contributed by atoms with Crippen LogP contribution < -0.4 is 0 Å². The van der Waals surface area contributed by atoms with Crippen molar-refractivity contribution in [2.24, 2.45) is 5.92 Å². The van der Waals surface area contributed by atoms with Gasteiger partial charge in [-0.15, -0.1) is 11.3 Å². The first-order valence-corrected chi connectivity index (χ1v) is 7.39. The molecule has 0 fully saturated rings. The zero-order chi connectivity index (χ0) is 15.5. The largest absolute Gasteiger partial charge is 0.476 e. The van der Waals surface area contributed by atoms with E-state index in [4.69, 9.17) is 9.84 Å². The van der Waals surface area contributed by atoms with E-state index in [1.807, 2.05) is 34.6 Å². The van der Waals surface area contributed by atoms with Crippen molar-refractivity contribution in [2.45, 2.75) is 52.6 Å². The van der Waals surface area contributed by atoms with Gasteiger partial charge >= 0.3 is 11.9 Å². The van der Waals surface area contributed by atoms with Gasteiger partial charge in [0.1, 0.15) is 16.5 Å². The summed E-state index contributed by atoms with van der Waals surface area (Å²) in [6, 6.07) is 0. The van der Waals surface area contributed by atoms with Crippen LogP contribution in [0.2, 0.25) is 0 Å². The van der Waals surface area contributed by atoms with Gasteiger partial charge in [0.2, 0.25) is 0 Å². The highest BCUT2D eigenvalue weighted by atomic mass is 32.1. The van der Waals surface area contributed by atoms with Crippen molar-refractivity contribution in [1.82, 2.24) is 4.98 Å². The summed E-state index contributed by atoms with van der Waals surface area (Å²) < 4.78 is 5.41. The summed E-state index contributed by atoms with van der Waals surface area (Å²) in [6.07, 6.45) is 0.585. The lowest BCUT2D eigenvalue weighted by Crippen LogP contribution is -2.28. The van der Waals surface area contributed by atoms with E-state index in [0.29, 0.717) is 11.4 Å². The lowest BCUT2D eigenvalue weighted by Gasteiger charge is -2.23. The lowest BCUT2D eigenvalue weighted by molar-refractivity contribution is -0.157. The monoisotopic (exact) mass is 299 g/mol. The second-order valence-corrected chi connectivity index (χ2v) is 6.98. The van der Waals surface area contributed by atoms with Gasteiger partial charge in [0.15, 0.2) is 5.69 Å². The van der Waals surface area contributed by atoms with Crippen LogP contribution in [0.25, 0.3) is 0 Å². The quantitative estimate of drug-likeness (QED) is 0.844. The predicted molar refractivity (Wildman–Crippen MR) is 77.1 cm³/mol. The van der Waals surface area contributed by atoms with Gasteiger partial charge < -0.3 is 9.84 Å². The maximum atomic E-state index is 12.3. The molecule has 0 spiro atoms. The molecule has 0 amide bonds. The zero-order valence-electron chi connectivity index (χ0n) is 12.5. The summed E-state index contributed by atoms with van der Waals surface area (Å²) >= 11 is 1.19. The van der Waals surface area contributed by atoms with Gasteiger partial charge in [-0.3, -0.25) is 4.79 Å². The van der Waals surface area contributed by atoms with Crippen LogP contribution in [0.1, 0.15) is 62.5 Å². The van der Waals surface area contributed by atoms with Crippen molar-refractivity contribution < 1.29 is 19.4 Å². The van der Waals surface area contributed by atoms with Crippen LogP contribution in [0.15, 0.2) is 5.38 Å². The molecule has 0 bridgehead atoms. The molecule has 0 aliphatic heterocycles. The number of carbonyl (C=O) groups excluding carboxylic acids is 1. The molecule has 1 rings (SSSR count). The molecule has 5 nitrogen and oxygen atoms in total. The number of carboxylic acid groups (broad SMARTS) is 1. The van der Waals surface area contributed by atoms with Gasteiger partial charge in [-0.2, -0.15) is 0 Å². The molecule has 20 heavy (non-hydrogen) atoms. The fourth-order valence-corrected chi connectivity index (χ4v) is 2.58. The van der Waals surface area contributed by atoms with Crippen LogP contribution in [0.5, 0.6) is 0 Å². The Bertz CT molecular complexity index is 488. The first-order valence-electron chi connectivity index (χ1n) is 6.51. The van der Waals surface area contributed by atoms with E-state index in [2.05, 4.69) is 4.98 Å². The number of hydrogen-bond donors (Lipinski definition) is 1. The zero-order valence-corrected chi connectivity index (χ0v) is 13.3. The third kappa shape index (κ3) is 4.92. The van der Waals surface area contributed by atoms with Crippen LogP contribution in [0.4, 0.5) is 0 Å². The number of carboxylic acids is 1. The molecule has 0 aromatic carbocycles. The SMILES string of the molecule is CC(C)CC(C(=O)OC(C)(C)C)c1nc(C(=O)O)cs1. The fourth-order valence-electron chi connectivity index (χ4n) is 1.69. The average Bonchev–Trinajstić information content (AvgIpc) is 2.71. The van der Waals surface area contributed by atoms with Gasteiger partial charge in [0.05, 0.1) is 0 Å². The molecular weight excluding hydrogens is 278 g/mol. The Kier molecular flexibility index (Phi) is 5.28. The Labute approximate surface area is 123 Å². The molecule has 1 atom stereocenters. The lowest BCUT2D eigenvalue weighted by atomic mass is 9.97. The van der Waals surface area contributed by atoms with Crippen molar-refractivity contribution in [1.29, 1.82) is 0 Å². The van der Waals surface area contributed by atoms with Crippen LogP contribution in [0, 0.1) is 5.92 Å². The van der Waals surface area contributed by atoms with E-state index in [1.165, 1.54) is 16.7 Å². The number of aromatic nitrogens is 1. The second kappa shape index (κ2) is 6.35. The van der Waals surface area contributed by atoms with E-state index in [0.717, 1.165) is 0 Å². The molecule has 1 unspecified atom stereocenters. The van der Waals surface area contributed by atoms with Gasteiger partial charge in [0, 0.05) is 5.38 Å². The highest BCUT2D eigenvalue weighted by molar-refractivity contribution is 7.10. The molecule has 0 aliphatic carbocycles. The molecule has 112 valence electrons. The summed E-state index contributed by atoms with van der Waals surface area (Å²) in [5.74, 6) is -1.66. The number of esters is 1. The summed E-state index contributed by atoms with van der Waals surface area (Å²) in [6.45, 7) is 9.43. The van der Waals surface area contributed by atoms with Gasteiger partial charge in [-0.25, -0.2) is 9.78 Å². The maximum absolute atomic E-state index is 12.3. The fraction of sp³-hybridized carbons (Fsp3) is 0.643. The highest BCUT2D eigenvalue weighted by Gasteiger charge is 2.30. The van der Waals surface area contributed by atoms with E-state index < -0.39 is 17.5 Å². The van der Waals surface area contributed by atoms with Crippen molar-refractivity contribution in [3.05, 3.63) is 16.1 Å². The maximum Gasteiger partial charge on any atom is 0.355 e. The molecule has 0 radical (unpaired) electrons. The molecule has 1 aromatic rings. The van der Waals surface area contributed by atoms with E-state index in [-0.39, 0.29) is 17.6 Å². The Morgan fingerprint density at radius 3 is 2.40 bits per heavy atom. The molecule has 0 aliphatic rings. The van der Waals surface area contributed by atoms with Crippen molar-refractivity contribution in [2.75, 3.05) is 0 Å². The molecular formula is C14H21NO4S. The Hall–Kier alpha value is -1.43. The van der Waals surface area contributed by atoms with E-state index in [1.54, 1.807) is 0 Å². The standard InChI is InChI=1S/C14H21NO4S/c1-8(2)6-9(13(18)19-14(3,4)5)11-15-10(7-20-11)12(16)17/h7-9H,6H2,1-5H3,(H,16,17). The summed E-state index contributed by atoms with van der Waals surface area (Å²) in [5, 5.41) is 10.9. The number of aromatic carboxylic acids is 1. The number of carbonyl (C=O) groups is 2. The van der Waals surface area contributed by atoms with Crippen LogP contribution in [-0.2, 0) is 9.53 Å². The van der Waals surface area contributed by atoms with Crippen molar-refractivity contribution in [3.8, 4) is 0 Å². The van der Waals surface area contributed by atoms with Gasteiger partial charge in [-0.05, 0) is 33.1 Å². The highest BCUT2D eigenvalue weighted by Crippen LogP contribution is 2.29. The third-order valence-electron chi connectivity index (χ3n) is 2.44. The Morgan fingerprint density at radius 1 is 1.40 bits per heavy atom. The van der Waals surface area contributed by atoms with Crippen LogP contribution in [0.3, 0.4) is 0 Å². The number of rotatable bonds is 5. The normalized spacial score (nSPS) is 13.3. The topological polar surface area (TPSA) is 76.5 Å². The number of hydrogen-bond acceptors (Lipinski definition) is 5. The minimum absolute atomic E-state index is 0.0256. The molecule has 1 N–H and O–H groups in total. The molecule has 0 saturated heterocycles. The predicted octanol–water partition coefficient (Wildman–Crippen LogP) is 3.31. The molecule has 1 aromatic heterocycles. The Balaban J connectivity index is 2.98. The van der Waals surface area contributed by atoms with E-state index >= 15 is 0 Å². The minimum atomic E-state index is -1.08.